The van der Waals surface area contributed by atoms with Crippen LogP contribution < -0.4 is 16.0 Å². The number of nitrogens with one attached hydrogen (secondary N) is 3. The molecule has 0 aromatic carbocycles. The number of rotatable bonds is 7. The summed E-state index contributed by atoms with van der Waals surface area (Å²) in [7, 11) is 1.80. The first-order valence-corrected chi connectivity index (χ1v) is 5.30. The third-order valence-electron chi connectivity index (χ3n) is 1.98. The Bertz CT molecular complexity index is 207. The average Bonchev–Trinajstić information content (AvgIpc) is 2.18. The fourth-order valence-corrected chi connectivity index (χ4v) is 1.16. The zero-order chi connectivity index (χ0) is 11.7. The zero-order valence-corrected chi connectivity index (χ0v) is 9.72. The molecule has 0 aromatic heterocycles. The first-order valence-electron chi connectivity index (χ1n) is 5.30. The summed E-state index contributed by atoms with van der Waals surface area (Å²) in [6, 6.07) is 0. The third-order valence-corrected chi connectivity index (χ3v) is 1.98. The molecule has 15 heavy (non-hydrogen) atoms. The van der Waals surface area contributed by atoms with Crippen molar-refractivity contribution in [3.05, 3.63) is 0 Å². The minimum absolute atomic E-state index is 0.0198. The first kappa shape index (κ1) is 13.9. The van der Waals surface area contributed by atoms with Gasteiger partial charge in [-0.25, -0.2) is 0 Å². The molecule has 0 radical (unpaired) electrons. The number of hydrogen-bond donors (Lipinski definition) is 3. The van der Waals surface area contributed by atoms with Gasteiger partial charge in [0.2, 0.25) is 11.8 Å². The average molecular weight is 215 g/mol. The molecule has 0 fully saturated rings. The van der Waals surface area contributed by atoms with E-state index in [-0.39, 0.29) is 17.7 Å². The summed E-state index contributed by atoms with van der Waals surface area (Å²) in [6.07, 6.45) is 0.339. The second-order valence-electron chi connectivity index (χ2n) is 3.45. The highest BCUT2D eigenvalue weighted by atomic mass is 16.2. The topological polar surface area (TPSA) is 70.2 Å². The van der Waals surface area contributed by atoms with Gasteiger partial charge in [0.15, 0.2) is 0 Å². The second-order valence-corrected chi connectivity index (χ2v) is 3.45. The van der Waals surface area contributed by atoms with Gasteiger partial charge in [-0.05, 0) is 14.0 Å². The van der Waals surface area contributed by atoms with E-state index in [0.29, 0.717) is 26.1 Å². The van der Waals surface area contributed by atoms with Gasteiger partial charge in [0, 0.05) is 32.0 Å². The Balaban J connectivity index is 3.58. The standard InChI is InChI=1S/C10H21N3O2/c1-4-12-9(14)5-6-13-10(15)8(2)7-11-3/h8,11H,4-7H2,1-3H3,(H,12,14)(H,13,15). The highest BCUT2D eigenvalue weighted by molar-refractivity contribution is 5.80. The number of carbonyl (C=O) groups excluding carboxylic acids is 2. The van der Waals surface area contributed by atoms with Gasteiger partial charge in [-0.2, -0.15) is 0 Å². The van der Waals surface area contributed by atoms with Crippen molar-refractivity contribution >= 4 is 11.8 Å². The first-order chi connectivity index (χ1) is 7.11. The van der Waals surface area contributed by atoms with Crippen molar-refractivity contribution in [3.8, 4) is 0 Å². The van der Waals surface area contributed by atoms with Crippen LogP contribution in [0.5, 0.6) is 0 Å². The molecule has 1 unspecified atom stereocenters. The van der Waals surface area contributed by atoms with Crippen molar-refractivity contribution < 1.29 is 9.59 Å². The van der Waals surface area contributed by atoms with Gasteiger partial charge in [-0.1, -0.05) is 6.92 Å². The third kappa shape index (κ3) is 6.90. The van der Waals surface area contributed by atoms with Gasteiger partial charge in [0.1, 0.15) is 0 Å². The van der Waals surface area contributed by atoms with Crippen LogP contribution in [0.4, 0.5) is 0 Å². The molecule has 3 N–H and O–H groups in total. The number of amides is 2. The Morgan fingerprint density at radius 3 is 2.47 bits per heavy atom. The highest BCUT2D eigenvalue weighted by Crippen LogP contribution is 1.91. The van der Waals surface area contributed by atoms with Crippen LogP contribution in [0.3, 0.4) is 0 Å². The summed E-state index contributed by atoms with van der Waals surface area (Å²) in [5.74, 6) is -0.114. The zero-order valence-electron chi connectivity index (χ0n) is 9.72. The lowest BCUT2D eigenvalue weighted by Crippen LogP contribution is -2.36. The molecule has 0 aliphatic heterocycles. The molecule has 2 amide bonds. The predicted octanol–water partition coefficient (Wildman–Crippen LogP) is -0.516. The molecule has 0 rings (SSSR count). The maximum atomic E-state index is 11.4. The molecular formula is C10H21N3O2. The molecule has 0 saturated carbocycles. The van der Waals surface area contributed by atoms with E-state index in [1.54, 1.807) is 7.05 Å². The van der Waals surface area contributed by atoms with Crippen LogP contribution in [0.15, 0.2) is 0 Å². The Hall–Kier alpha value is -1.10. The maximum absolute atomic E-state index is 11.4. The molecular weight excluding hydrogens is 194 g/mol. The van der Waals surface area contributed by atoms with Crippen LogP contribution in [-0.4, -0.2) is 38.5 Å². The van der Waals surface area contributed by atoms with E-state index in [0.717, 1.165) is 0 Å². The predicted molar refractivity (Wildman–Crippen MR) is 59.4 cm³/mol. The molecule has 0 aliphatic rings. The van der Waals surface area contributed by atoms with E-state index in [1.807, 2.05) is 13.8 Å². The van der Waals surface area contributed by atoms with Crippen molar-refractivity contribution in [1.82, 2.24) is 16.0 Å². The minimum atomic E-state index is -0.0655. The van der Waals surface area contributed by atoms with Crippen LogP contribution in [0.1, 0.15) is 20.3 Å². The minimum Gasteiger partial charge on any atom is -0.356 e. The van der Waals surface area contributed by atoms with Gasteiger partial charge in [-0.3, -0.25) is 9.59 Å². The van der Waals surface area contributed by atoms with Crippen molar-refractivity contribution in [1.29, 1.82) is 0 Å². The Morgan fingerprint density at radius 2 is 1.93 bits per heavy atom. The van der Waals surface area contributed by atoms with Gasteiger partial charge in [0.05, 0.1) is 0 Å². The van der Waals surface area contributed by atoms with Crippen molar-refractivity contribution in [2.24, 2.45) is 5.92 Å². The molecule has 0 aromatic rings. The van der Waals surface area contributed by atoms with Crippen molar-refractivity contribution in [3.63, 3.8) is 0 Å². The van der Waals surface area contributed by atoms with Gasteiger partial charge in [0.25, 0.3) is 0 Å². The molecule has 0 bridgehead atoms. The smallest absolute Gasteiger partial charge is 0.224 e. The van der Waals surface area contributed by atoms with Crippen LogP contribution in [0.2, 0.25) is 0 Å². The quantitative estimate of drug-likeness (QED) is 0.535. The van der Waals surface area contributed by atoms with E-state index in [9.17, 15) is 9.59 Å². The lowest BCUT2D eigenvalue weighted by molar-refractivity contribution is -0.124. The lowest BCUT2D eigenvalue weighted by atomic mass is 10.1. The van der Waals surface area contributed by atoms with Crippen molar-refractivity contribution in [2.45, 2.75) is 20.3 Å². The monoisotopic (exact) mass is 215 g/mol. The molecule has 88 valence electrons. The summed E-state index contributed by atoms with van der Waals surface area (Å²) >= 11 is 0. The molecule has 5 nitrogen and oxygen atoms in total. The van der Waals surface area contributed by atoms with Crippen LogP contribution in [0.25, 0.3) is 0 Å². The fourth-order valence-electron chi connectivity index (χ4n) is 1.16. The molecule has 0 spiro atoms. The molecule has 0 saturated heterocycles. The van der Waals surface area contributed by atoms with E-state index in [4.69, 9.17) is 0 Å². The SMILES string of the molecule is CCNC(=O)CCNC(=O)C(C)CNC. The van der Waals surface area contributed by atoms with Crippen LogP contribution in [0, 0.1) is 5.92 Å². The Labute approximate surface area is 91.0 Å². The fraction of sp³-hybridized carbons (Fsp3) is 0.800. The van der Waals surface area contributed by atoms with Crippen LogP contribution in [-0.2, 0) is 9.59 Å². The molecule has 1 atom stereocenters. The summed E-state index contributed by atoms with van der Waals surface area (Å²) in [5, 5.41) is 8.32. The van der Waals surface area contributed by atoms with E-state index >= 15 is 0 Å². The van der Waals surface area contributed by atoms with E-state index in [1.165, 1.54) is 0 Å². The van der Waals surface area contributed by atoms with Gasteiger partial charge < -0.3 is 16.0 Å². The van der Waals surface area contributed by atoms with E-state index < -0.39 is 0 Å². The maximum Gasteiger partial charge on any atom is 0.224 e. The van der Waals surface area contributed by atoms with Gasteiger partial charge in [-0.15, -0.1) is 0 Å². The molecule has 5 heteroatoms. The van der Waals surface area contributed by atoms with E-state index in [2.05, 4.69) is 16.0 Å². The normalized spacial score (nSPS) is 11.9. The Morgan fingerprint density at radius 1 is 1.27 bits per heavy atom. The second kappa shape index (κ2) is 8.23. The summed E-state index contributed by atoms with van der Waals surface area (Å²) < 4.78 is 0. The summed E-state index contributed by atoms with van der Waals surface area (Å²) in [6.45, 7) is 5.39. The summed E-state index contributed by atoms with van der Waals surface area (Å²) in [4.78, 5) is 22.4. The van der Waals surface area contributed by atoms with Crippen LogP contribution >= 0.6 is 0 Å². The van der Waals surface area contributed by atoms with Gasteiger partial charge >= 0.3 is 0 Å². The molecule has 0 heterocycles. The highest BCUT2D eigenvalue weighted by Gasteiger charge is 2.11. The lowest BCUT2D eigenvalue weighted by Gasteiger charge is -2.11. The summed E-state index contributed by atoms with van der Waals surface area (Å²) in [5.41, 5.74) is 0. The Kier molecular flexibility index (Phi) is 7.62. The molecule has 0 aliphatic carbocycles. The van der Waals surface area contributed by atoms with Crippen molar-refractivity contribution in [2.75, 3.05) is 26.7 Å². The number of hydrogen-bond acceptors (Lipinski definition) is 3. The largest absolute Gasteiger partial charge is 0.356 e. The number of carbonyl (C=O) groups is 2.